The van der Waals surface area contributed by atoms with Crippen molar-refractivity contribution in [1.82, 2.24) is 0 Å². The Morgan fingerprint density at radius 1 is 0.958 bits per heavy atom. The summed E-state index contributed by atoms with van der Waals surface area (Å²) in [6.07, 6.45) is 10.6. The second kappa shape index (κ2) is 5.97. The predicted molar refractivity (Wildman–Crippen MR) is 88.6 cm³/mol. The highest BCUT2D eigenvalue weighted by atomic mass is 32.2. The van der Waals surface area contributed by atoms with E-state index in [9.17, 15) is 17.8 Å². The minimum Gasteiger partial charge on any atom is -0.443 e. The van der Waals surface area contributed by atoms with Gasteiger partial charge in [-0.2, -0.15) is 8.42 Å². The molecule has 5 aliphatic rings. The van der Waals surface area contributed by atoms with Crippen molar-refractivity contribution < 1.29 is 22.5 Å². The number of hydrogen-bond acceptors (Lipinski definition) is 4. The van der Waals surface area contributed by atoms with Crippen molar-refractivity contribution in [3.63, 3.8) is 0 Å². The lowest BCUT2D eigenvalue weighted by atomic mass is 9.49. The lowest BCUT2D eigenvalue weighted by molar-refractivity contribution is -0.176. The molecule has 5 saturated carbocycles. The fourth-order valence-electron chi connectivity index (χ4n) is 6.40. The van der Waals surface area contributed by atoms with Crippen LogP contribution in [0.3, 0.4) is 0 Å². The molecule has 1 unspecified atom stereocenters. The smallest absolute Gasteiger partial charge is 0.313 e. The number of carbonyl (C=O) groups is 1. The molecule has 0 aliphatic heterocycles. The van der Waals surface area contributed by atoms with Gasteiger partial charge in [-0.05, 0) is 69.1 Å². The molecule has 5 rings (SSSR count). The Morgan fingerprint density at radius 3 is 1.92 bits per heavy atom. The van der Waals surface area contributed by atoms with Gasteiger partial charge in [-0.3, -0.25) is 9.35 Å². The van der Waals surface area contributed by atoms with Gasteiger partial charge in [0.15, 0.2) is 0 Å². The zero-order valence-electron chi connectivity index (χ0n) is 14.2. The lowest BCUT2D eigenvalue weighted by Crippen LogP contribution is -2.52. The summed E-state index contributed by atoms with van der Waals surface area (Å²) in [5, 5.41) is 0. The molecule has 0 spiro atoms. The average molecular weight is 356 g/mol. The Hall–Kier alpha value is -0.620. The van der Waals surface area contributed by atoms with Crippen LogP contribution in [0, 0.1) is 29.1 Å². The Kier molecular flexibility index (Phi) is 4.19. The molecule has 5 aliphatic carbocycles. The summed E-state index contributed by atoms with van der Waals surface area (Å²) in [7, 11) is -4.37. The van der Waals surface area contributed by atoms with Crippen LogP contribution in [0.25, 0.3) is 0 Å². The van der Waals surface area contributed by atoms with Crippen LogP contribution in [0.5, 0.6) is 0 Å². The van der Waals surface area contributed by atoms with Crippen molar-refractivity contribution in [3.05, 3.63) is 0 Å². The maximum atomic E-state index is 13.0. The van der Waals surface area contributed by atoms with Crippen molar-refractivity contribution >= 4 is 16.1 Å². The monoisotopic (exact) mass is 356 g/mol. The first kappa shape index (κ1) is 16.8. The maximum Gasteiger partial charge on any atom is 0.313 e. The summed E-state index contributed by atoms with van der Waals surface area (Å²) in [6, 6.07) is 0. The zero-order valence-corrected chi connectivity index (χ0v) is 15.0. The van der Waals surface area contributed by atoms with Crippen LogP contribution in [0.2, 0.25) is 0 Å². The van der Waals surface area contributed by atoms with Crippen LogP contribution in [-0.2, 0) is 19.6 Å². The van der Waals surface area contributed by atoms with E-state index in [2.05, 4.69) is 0 Å². The molecule has 4 bridgehead atoms. The molecule has 5 nitrogen and oxygen atoms in total. The normalized spacial score (nSPS) is 40.5. The van der Waals surface area contributed by atoms with Gasteiger partial charge in [-0.15, -0.1) is 0 Å². The lowest BCUT2D eigenvalue weighted by Gasteiger charge is -2.55. The largest absolute Gasteiger partial charge is 0.443 e. The highest BCUT2D eigenvalue weighted by Gasteiger charge is 2.56. The molecule has 1 atom stereocenters. The molecule has 0 aromatic heterocycles. The first-order valence-electron chi connectivity index (χ1n) is 9.53. The summed E-state index contributed by atoms with van der Waals surface area (Å²) < 4.78 is 39.0. The fourth-order valence-corrected chi connectivity index (χ4v) is 7.37. The van der Waals surface area contributed by atoms with E-state index in [0.717, 1.165) is 38.5 Å². The fraction of sp³-hybridized carbons (Fsp3) is 0.944. The Balaban J connectivity index is 1.53. The van der Waals surface area contributed by atoms with Crippen LogP contribution in [0.15, 0.2) is 0 Å². The number of rotatable bonds is 4. The van der Waals surface area contributed by atoms with Crippen LogP contribution in [0.1, 0.15) is 70.6 Å². The van der Waals surface area contributed by atoms with E-state index < -0.39 is 21.0 Å². The van der Waals surface area contributed by atoms with Crippen molar-refractivity contribution in [2.75, 3.05) is 0 Å². The van der Waals surface area contributed by atoms with Gasteiger partial charge >= 0.3 is 16.1 Å². The van der Waals surface area contributed by atoms with E-state index in [4.69, 9.17) is 4.74 Å². The van der Waals surface area contributed by atoms with Crippen molar-refractivity contribution in [2.45, 2.75) is 76.1 Å². The van der Waals surface area contributed by atoms with Crippen molar-refractivity contribution in [1.29, 1.82) is 0 Å². The van der Waals surface area contributed by atoms with Crippen molar-refractivity contribution in [3.8, 4) is 0 Å². The Bertz CT molecular complexity index is 570. The number of esters is 1. The van der Waals surface area contributed by atoms with Gasteiger partial charge in [0.25, 0.3) is 0 Å². The molecule has 1 N–H and O–H groups in total. The molecule has 6 heteroatoms. The van der Waals surface area contributed by atoms with E-state index >= 15 is 0 Å². The van der Waals surface area contributed by atoms with Gasteiger partial charge < -0.3 is 4.74 Å². The molecule has 0 saturated heterocycles. The first-order valence-corrected chi connectivity index (χ1v) is 11.0. The van der Waals surface area contributed by atoms with E-state index in [1.807, 2.05) is 0 Å². The van der Waals surface area contributed by atoms with Gasteiger partial charge in [0.1, 0.15) is 0 Å². The number of hydrogen-bond donors (Lipinski definition) is 1. The third-order valence-corrected chi connectivity index (χ3v) is 8.09. The van der Waals surface area contributed by atoms with Gasteiger partial charge in [-0.25, -0.2) is 0 Å². The summed E-state index contributed by atoms with van der Waals surface area (Å²) in [4.78, 5) is 13.0. The maximum absolute atomic E-state index is 13.0. The first-order chi connectivity index (χ1) is 11.4. The van der Waals surface area contributed by atoms with E-state index in [0.29, 0.717) is 30.6 Å². The third kappa shape index (κ3) is 3.00. The quantitative estimate of drug-likeness (QED) is 0.615. The van der Waals surface area contributed by atoms with Crippen LogP contribution >= 0.6 is 0 Å². The number of ether oxygens (including phenoxy) is 1. The van der Waals surface area contributed by atoms with Crippen LogP contribution in [0.4, 0.5) is 0 Å². The molecule has 5 fully saturated rings. The Labute approximate surface area is 144 Å². The van der Waals surface area contributed by atoms with E-state index in [1.54, 1.807) is 0 Å². The highest BCUT2D eigenvalue weighted by molar-refractivity contribution is 7.86. The van der Waals surface area contributed by atoms with Gasteiger partial charge in [0, 0.05) is 5.92 Å². The minimum atomic E-state index is -4.37. The molecule has 136 valence electrons. The molecule has 0 amide bonds. The summed E-state index contributed by atoms with van der Waals surface area (Å²) >= 11 is 0. The zero-order chi connectivity index (χ0) is 16.9. The second-order valence-corrected chi connectivity index (χ2v) is 10.4. The molecular weight excluding hydrogens is 328 g/mol. The number of carbonyl (C=O) groups excluding carboxylic acids is 1. The standard InChI is InChI=1S/C18H28O5S/c19-17(18-9-12-6-13(10-18)8-14(7-12)11-18)23-16(24(20,21)22)15-4-2-1-3-5-15/h12-16H,1-11H2,(H,20,21,22). The summed E-state index contributed by atoms with van der Waals surface area (Å²) in [5.41, 5.74) is -1.84. The predicted octanol–water partition coefficient (Wildman–Crippen LogP) is 3.54. The van der Waals surface area contributed by atoms with Gasteiger partial charge in [-0.1, -0.05) is 19.3 Å². The summed E-state index contributed by atoms with van der Waals surface area (Å²) in [5.74, 6) is 1.19. The molecular formula is C18H28O5S. The Morgan fingerprint density at radius 2 is 1.46 bits per heavy atom. The molecule has 24 heavy (non-hydrogen) atoms. The second-order valence-electron chi connectivity index (χ2n) is 8.88. The third-order valence-electron chi connectivity index (χ3n) is 7.02. The highest BCUT2D eigenvalue weighted by Crippen LogP contribution is 2.60. The van der Waals surface area contributed by atoms with Crippen molar-refractivity contribution in [2.24, 2.45) is 29.1 Å². The molecule has 0 aromatic rings. The van der Waals surface area contributed by atoms with Crippen LogP contribution < -0.4 is 0 Å². The topological polar surface area (TPSA) is 80.7 Å². The molecule has 0 heterocycles. The summed E-state index contributed by atoms with van der Waals surface area (Å²) in [6.45, 7) is 0. The molecule has 0 radical (unpaired) electrons. The van der Waals surface area contributed by atoms with E-state index in [1.165, 1.54) is 19.3 Å². The minimum absolute atomic E-state index is 0.258. The van der Waals surface area contributed by atoms with Gasteiger partial charge in [0.05, 0.1) is 5.41 Å². The van der Waals surface area contributed by atoms with Gasteiger partial charge in [0.2, 0.25) is 5.44 Å². The van der Waals surface area contributed by atoms with Crippen LogP contribution in [-0.4, -0.2) is 24.4 Å². The van der Waals surface area contributed by atoms with E-state index in [-0.39, 0.29) is 11.9 Å². The molecule has 0 aromatic carbocycles. The average Bonchev–Trinajstić information content (AvgIpc) is 2.50. The SMILES string of the molecule is O=C(OC(C1CCCCC1)S(=O)(=O)O)C12CC3CC(CC(C3)C1)C2.